The molecule has 1 aromatic rings. The fraction of sp³-hybridized carbons (Fsp3) is 0.385. The zero-order chi connectivity index (χ0) is 13.8. The summed E-state index contributed by atoms with van der Waals surface area (Å²) in [4.78, 5) is 23.1. The quantitative estimate of drug-likeness (QED) is 0.757. The number of carbonyl (C=O) groups excluding carboxylic acids is 1. The van der Waals surface area contributed by atoms with Gasteiger partial charge in [-0.3, -0.25) is 4.79 Å². The summed E-state index contributed by atoms with van der Waals surface area (Å²) in [5, 5.41) is 14.8. The molecule has 3 N–H and O–H groups in total. The number of methoxy groups -OCH3 is 1. The fourth-order valence-electron chi connectivity index (χ4n) is 2.07. The van der Waals surface area contributed by atoms with E-state index in [1.807, 2.05) is 0 Å². The molecule has 1 aliphatic heterocycles. The van der Waals surface area contributed by atoms with Gasteiger partial charge in [-0.25, -0.2) is 4.79 Å². The van der Waals surface area contributed by atoms with Gasteiger partial charge in [-0.2, -0.15) is 0 Å². The minimum Gasteiger partial charge on any atom is -0.497 e. The van der Waals surface area contributed by atoms with Gasteiger partial charge in [0.1, 0.15) is 5.75 Å². The van der Waals surface area contributed by atoms with E-state index < -0.39 is 5.97 Å². The molecule has 6 nitrogen and oxygen atoms in total. The first-order valence-electron chi connectivity index (χ1n) is 6.07. The summed E-state index contributed by atoms with van der Waals surface area (Å²) in [6.07, 6.45) is 1.71. The van der Waals surface area contributed by atoms with Gasteiger partial charge >= 0.3 is 5.97 Å². The van der Waals surface area contributed by atoms with Crippen molar-refractivity contribution in [2.75, 3.05) is 19.0 Å². The molecule has 1 aliphatic rings. The van der Waals surface area contributed by atoms with Crippen LogP contribution in [0.5, 0.6) is 5.75 Å². The second-order valence-corrected chi connectivity index (χ2v) is 4.35. The molecular weight excluding hydrogens is 248 g/mol. The van der Waals surface area contributed by atoms with Crippen molar-refractivity contribution in [1.82, 2.24) is 5.32 Å². The molecule has 0 radical (unpaired) electrons. The zero-order valence-electron chi connectivity index (χ0n) is 10.6. The predicted molar refractivity (Wildman–Crippen MR) is 69.6 cm³/mol. The van der Waals surface area contributed by atoms with Gasteiger partial charge in [-0.05, 0) is 31.5 Å². The monoisotopic (exact) mass is 264 g/mol. The van der Waals surface area contributed by atoms with Gasteiger partial charge < -0.3 is 20.5 Å². The van der Waals surface area contributed by atoms with E-state index in [1.165, 1.54) is 19.2 Å². The van der Waals surface area contributed by atoms with Crippen molar-refractivity contribution >= 4 is 17.6 Å². The van der Waals surface area contributed by atoms with Crippen molar-refractivity contribution in [3.05, 3.63) is 23.8 Å². The minimum absolute atomic E-state index is 0.0483. The Bertz CT molecular complexity index is 495. The molecule has 0 aliphatic carbocycles. The smallest absolute Gasteiger partial charge is 0.337 e. The Balaban J connectivity index is 2.21. The Morgan fingerprint density at radius 1 is 1.47 bits per heavy atom. The highest BCUT2D eigenvalue weighted by atomic mass is 16.5. The largest absolute Gasteiger partial charge is 0.497 e. The Morgan fingerprint density at radius 2 is 2.26 bits per heavy atom. The molecule has 102 valence electrons. The minimum atomic E-state index is -1.09. The summed E-state index contributed by atoms with van der Waals surface area (Å²) >= 11 is 0. The van der Waals surface area contributed by atoms with Crippen molar-refractivity contribution in [2.45, 2.75) is 18.9 Å². The van der Waals surface area contributed by atoms with Crippen LogP contribution in [0.3, 0.4) is 0 Å². The molecule has 0 unspecified atom stereocenters. The zero-order valence-corrected chi connectivity index (χ0v) is 10.6. The van der Waals surface area contributed by atoms with Crippen molar-refractivity contribution < 1.29 is 19.4 Å². The third-order valence-electron chi connectivity index (χ3n) is 3.09. The Morgan fingerprint density at radius 3 is 2.84 bits per heavy atom. The number of carbonyl (C=O) groups is 2. The van der Waals surface area contributed by atoms with Gasteiger partial charge in [0.15, 0.2) is 0 Å². The van der Waals surface area contributed by atoms with Gasteiger partial charge in [0.2, 0.25) is 5.91 Å². The van der Waals surface area contributed by atoms with Gasteiger partial charge in [0.05, 0.1) is 24.4 Å². The number of carboxylic acid groups (broad SMARTS) is 1. The number of amides is 1. The molecule has 0 aromatic heterocycles. The van der Waals surface area contributed by atoms with Crippen LogP contribution in [0.25, 0.3) is 0 Å². The van der Waals surface area contributed by atoms with Crippen LogP contribution in [0, 0.1) is 0 Å². The molecule has 0 spiro atoms. The fourth-order valence-corrected chi connectivity index (χ4v) is 2.07. The molecule has 2 rings (SSSR count). The second kappa shape index (κ2) is 5.71. The molecule has 19 heavy (non-hydrogen) atoms. The Hall–Kier alpha value is -2.08. The van der Waals surface area contributed by atoms with Crippen molar-refractivity contribution in [3.63, 3.8) is 0 Å². The number of anilines is 1. The lowest BCUT2D eigenvalue weighted by molar-refractivity contribution is -0.117. The van der Waals surface area contributed by atoms with E-state index in [2.05, 4.69) is 10.6 Å². The molecule has 0 bridgehead atoms. The number of ether oxygens (including phenoxy) is 1. The van der Waals surface area contributed by atoms with Gasteiger partial charge in [0, 0.05) is 6.07 Å². The average Bonchev–Trinajstić information content (AvgIpc) is 2.92. The molecule has 1 heterocycles. The summed E-state index contributed by atoms with van der Waals surface area (Å²) < 4.78 is 5.04. The van der Waals surface area contributed by atoms with E-state index in [0.717, 1.165) is 19.4 Å². The molecule has 1 atom stereocenters. The summed E-state index contributed by atoms with van der Waals surface area (Å²) in [7, 11) is 1.49. The Kier molecular flexibility index (Phi) is 4.01. The molecule has 1 saturated heterocycles. The van der Waals surface area contributed by atoms with Crippen LogP contribution in [-0.4, -0.2) is 36.7 Å². The maximum atomic E-state index is 12.0. The predicted octanol–water partition coefficient (Wildman–Crippen LogP) is 1.08. The third-order valence-corrected chi connectivity index (χ3v) is 3.09. The Labute approximate surface area is 110 Å². The first-order valence-corrected chi connectivity index (χ1v) is 6.07. The summed E-state index contributed by atoms with van der Waals surface area (Å²) in [6.45, 7) is 0.808. The van der Waals surface area contributed by atoms with E-state index in [0.29, 0.717) is 5.75 Å². The van der Waals surface area contributed by atoms with Gasteiger partial charge in [-0.15, -0.1) is 0 Å². The van der Waals surface area contributed by atoms with Crippen molar-refractivity contribution in [3.8, 4) is 5.75 Å². The van der Waals surface area contributed by atoms with Crippen molar-refractivity contribution in [1.29, 1.82) is 0 Å². The highest BCUT2D eigenvalue weighted by molar-refractivity contribution is 6.02. The maximum absolute atomic E-state index is 12.0. The molecule has 0 saturated carbocycles. The standard InChI is InChI=1S/C13H16N2O4/c1-19-8-4-5-9(13(17)18)11(7-8)15-12(16)10-3-2-6-14-10/h4-5,7,10,14H,2-3,6H2,1H3,(H,15,16)(H,17,18)/t10-/m1/s1. The average molecular weight is 264 g/mol. The lowest BCUT2D eigenvalue weighted by Crippen LogP contribution is -2.35. The van der Waals surface area contributed by atoms with E-state index in [4.69, 9.17) is 9.84 Å². The summed E-state index contributed by atoms with van der Waals surface area (Å²) in [5.74, 6) is -0.801. The number of benzene rings is 1. The SMILES string of the molecule is COc1ccc(C(=O)O)c(NC(=O)[C@H]2CCCN2)c1. The van der Waals surface area contributed by atoms with Crippen LogP contribution in [0.4, 0.5) is 5.69 Å². The van der Waals surface area contributed by atoms with Gasteiger partial charge in [-0.1, -0.05) is 0 Å². The second-order valence-electron chi connectivity index (χ2n) is 4.35. The number of aromatic carboxylic acids is 1. The number of hydrogen-bond acceptors (Lipinski definition) is 4. The van der Waals surface area contributed by atoms with Crippen LogP contribution >= 0.6 is 0 Å². The van der Waals surface area contributed by atoms with E-state index in [-0.39, 0.29) is 23.2 Å². The third kappa shape index (κ3) is 3.03. The molecule has 1 amide bonds. The highest BCUT2D eigenvalue weighted by Crippen LogP contribution is 2.23. The van der Waals surface area contributed by atoms with Crippen LogP contribution < -0.4 is 15.4 Å². The lowest BCUT2D eigenvalue weighted by atomic mass is 10.1. The first-order chi connectivity index (χ1) is 9.11. The van der Waals surface area contributed by atoms with Crippen LogP contribution in [0.2, 0.25) is 0 Å². The van der Waals surface area contributed by atoms with Gasteiger partial charge in [0.25, 0.3) is 0 Å². The van der Waals surface area contributed by atoms with Crippen LogP contribution in [0.15, 0.2) is 18.2 Å². The first kappa shape index (κ1) is 13.4. The number of rotatable bonds is 4. The normalized spacial score (nSPS) is 18.1. The summed E-state index contributed by atoms with van der Waals surface area (Å²) in [5.41, 5.74) is 0.303. The van der Waals surface area contributed by atoms with Crippen LogP contribution in [-0.2, 0) is 4.79 Å². The maximum Gasteiger partial charge on any atom is 0.337 e. The summed E-state index contributed by atoms with van der Waals surface area (Å²) in [6, 6.07) is 4.22. The van der Waals surface area contributed by atoms with Crippen LogP contribution in [0.1, 0.15) is 23.2 Å². The molecule has 1 fully saturated rings. The highest BCUT2D eigenvalue weighted by Gasteiger charge is 2.23. The molecule has 1 aromatic carbocycles. The van der Waals surface area contributed by atoms with E-state index >= 15 is 0 Å². The van der Waals surface area contributed by atoms with E-state index in [1.54, 1.807) is 6.07 Å². The molecule has 6 heteroatoms. The number of carboxylic acids is 1. The van der Waals surface area contributed by atoms with Crippen molar-refractivity contribution in [2.24, 2.45) is 0 Å². The topological polar surface area (TPSA) is 87.7 Å². The molecular formula is C13H16N2O4. The number of hydrogen-bond donors (Lipinski definition) is 3. The number of nitrogens with one attached hydrogen (secondary N) is 2. The van der Waals surface area contributed by atoms with E-state index in [9.17, 15) is 9.59 Å². The lowest BCUT2D eigenvalue weighted by Gasteiger charge is -2.13.